The Morgan fingerprint density at radius 2 is 1.92 bits per heavy atom. The third-order valence-electron chi connectivity index (χ3n) is 5.59. The molecular formula is C22H24ClF3N4O5S. The number of ether oxygens (including phenoxy) is 1. The van der Waals surface area contributed by atoms with Gasteiger partial charge in [0, 0.05) is 13.1 Å². The van der Waals surface area contributed by atoms with Crippen molar-refractivity contribution in [2.45, 2.75) is 23.9 Å². The summed E-state index contributed by atoms with van der Waals surface area (Å²) in [5.74, 6) is 3.40. The average Bonchev–Trinajstić information content (AvgIpc) is 2.81. The second-order valence-electron chi connectivity index (χ2n) is 8.07. The van der Waals surface area contributed by atoms with Crippen LogP contribution in [0.4, 0.5) is 18.9 Å². The number of piperidine rings is 1. The number of hydrogen-bond donors (Lipinski definition) is 2. The largest absolute Gasteiger partial charge is 0.491 e. The SMILES string of the molecule is N/N=C/N1CCC(COc2ccc(C(F)(F)F)cc2N(CC(=O)O)S(=O)(=O)c2ccccc2Cl)CC1. The summed E-state index contributed by atoms with van der Waals surface area (Å²) in [6.07, 6.45) is -1.94. The number of halogens is 4. The van der Waals surface area contributed by atoms with Gasteiger partial charge in [0.2, 0.25) is 0 Å². The third-order valence-corrected chi connectivity index (χ3v) is 7.85. The molecule has 0 radical (unpaired) electrons. The molecule has 0 saturated carbocycles. The van der Waals surface area contributed by atoms with Gasteiger partial charge >= 0.3 is 12.1 Å². The molecular weight excluding hydrogens is 525 g/mol. The van der Waals surface area contributed by atoms with E-state index < -0.39 is 44.9 Å². The molecule has 1 aliphatic rings. The van der Waals surface area contributed by atoms with Crippen LogP contribution in [0.15, 0.2) is 52.5 Å². The molecule has 3 rings (SSSR count). The molecule has 196 valence electrons. The molecule has 9 nitrogen and oxygen atoms in total. The molecule has 3 N–H and O–H groups in total. The van der Waals surface area contributed by atoms with Crippen molar-refractivity contribution >= 4 is 39.6 Å². The first-order chi connectivity index (χ1) is 16.9. The summed E-state index contributed by atoms with van der Waals surface area (Å²) in [5, 5.41) is 12.7. The van der Waals surface area contributed by atoms with Crippen molar-refractivity contribution in [3.8, 4) is 5.75 Å². The smallest absolute Gasteiger partial charge is 0.416 e. The third kappa shape index (κ3) is 6.52. The number of hydrogen-bond acceptors (Lipinski definition) is 6. The number of rotatable bonds is 9. The van der Waals surface area contributed by atoms with Gasteiger partial charge in [0.15, 0.2) is 0 Å². The predicted octanol–water partition coefficient (Wildman–Crippen LogP) is 3.63. The van der Waals surface area contributed by atoms with Crippen molar-refractivity contribution in [3.05, 3.63) is 53.1 Å². The first-order valence-corrected chi connectivity index (χ1v) is 12.6. The van der Waals surface area contributed by atoms with Crippen LogP contribution in [0, 0.1) is 5.92 Å². The molecule has 0 atom stereocenters. The summed E-state index contributed by atoms with van der Waals surface area (Å²) >= 11 is 6.03. The normalized spacial score (nSPS) is 15.3. The minimum atomic E-state index is -4.81. The second kappa shape index (κ2) is 11.2. The fraction of sp³-hybridized carbons (Fsp3) is 0.364. The number of nitrogens with zero attached hydrogens (tertiary/aromatic N) is 3. The molecule has 36 heavy (non-hydrogen) atoms. The Bertz CT molecular complexity index is 1220. The Labute approximate surface area is 210 Å². The van der Waals surface area contributed by atoms with Crippen LogP contribution >= 0.6 is 11.6 Å². The highest BCUT2D eigenvalue weighted by molar-refractivity contribution is 7.93. The number of alkyl halides is 3. The summed E-state index contributed by atoms with van der Waals surface area (Å²) in [4.78, 5) is 13.1. The van der Waals surface area contributed by atoms with E-state index in [0.717, 1.165) is 18.2 Å². The molecule has 0 spiro atoms. The van der Waals surface area contributed by atoms with Gasteiger partial charge in [-0.15, -0.1) is 0 Å². The van der Waals surface area contributed by atoms with E-state index in [4.69, 9.17) is 22.2 Å². The topological polar surface area (TPSA) is 126 Å². The summed E-state index contributed by atoms with van der Waals surface area (Å²) in [6, 6.07) is 7.55. The second-order valence-corrected chi connectivity index (χ2v) is 10.3. The van der Waals surface area contributed by atoms with E-state index in [1.165, 1.54) is 24.5 Å². The molecule has 0 amide bonds. The molecule has 1 fully saturated rings. The van der Waals surface area contributed by atoms with Crippen molar-refractivity contribution in [2.24, 2.45) is 16.9 Å². The van der Waals surface area contributed by atoms with Crippen LogP contribution in [0.3, 0.4) is 0 Å². The fourth-order valence-electron chi connectivity index (χ4n) is 3.74. The zero-order valence-corrected chi connectivity index (χ0v) is 20.4. The van der Waals surface area contributed by atoms with Crippen LogP contribution in [0.5, 0.6) is 5.75 Å². The lowest BCUT2D eigenvalue weighted by atomic mass is 9.98. The monoisotopic (exact) mass is 548 g/mol. The Balaban J connectivity index is 2.00. The van der Waals surface area contributed by atoms with Gasteiger partial charge in [0.05, 0.1) is 22.9 Å². The maximum Gasteiger partial charge on any atom is 0.416 e. The zero-order valence-electron chi connectivity index (χ0n) is 18.9. The number of benzene rings is 2. The van der Waals surface area contributed by atoms with Gasteiger partial charge in [-0.25, -0.2) is 8.42 Å². The summed E-state index contributed by atoms with van der Waals surface area (Å²) in [7, 11) is -4.68. The van der Waals surface area contributed by atoms with Crippen LogP contribution in [0.2, 0.25) is 5.02 Å². The number of aliphatic carboxylic acids is 1. The Hall–Kier alpha value is -3.19. The Morgan fingerprint density at radius 3 is 2.50 bits per heavy atom. The van der Waals surface area contributed by atoms with Crippen LogP contribution in [0.1, 0.15) is 18.4 Å². The molecule has 14 heteroatoms. The molecule has 1 heterocycles. The van der Waals surface area contributed by atoms with E-state index in [1.54, 1.807) is 0 Å². The summed E-state index contributed by atoms with van der Waals surface area (Å²) in [6.45, 7) is 0.211. The highest BCUT2D eigenvalue weighted by Gasteiger charge is 2.36. The van der Waals surface area contributed by atoms with Gasteiger partial charge in [-0.1, -0.05) is 23.7 Å². The standard InChI is InChI=1S/C22H24ClF3N4O5S/c23-17-3-1-2-4-20(17)36(33,34)30(12-21(31)32)18-11-16(22(24,25)26)5-6-19(18)35-13-15-7-9-29(10-8-15)14-28-27/h1-6,11,14-15H,7-10,12-13,27H2,(H,31,32)/b28-14+. The van der Waals surface area contributed by atoms with Gasteiger partial charge in [-0.05, 0) is 49.1 Å². The zero-order chi connectivity index (χ0) is 26.5. The first-order valence-electron chi connectivity index (χ1n) is 10.7. The van der Waals surface area contributed by atoms with Crippen LogP contribution < -0.4 is 14.9 Å². The fourth-order valence-corrected chi connectivity index (χ4v) is 5.66. The van der Waals surface area contributed by atoms with E-state index in [0.29, 0.717) is 36.3 Å². The van der Waals surface area contributed by atoms with Crippen molar-refractivity contribution in [3.63, 3.8) is 0 Å². The number of nitrogens with two attached hydrogens (primary N) is 1. The van der Waals surface area contributed by atoms with Crippen molar-refractivity contribution < 1.29 is 36.2 Å². The van der Waals surface area contributed by atoms with Gasteiger partial charge in [0.1, 0.15) is 23.5 Å². The lowest BCUT2D eigenvalue weighted by molar-refractivity contribution is -0.137. The number of anilines is 1. The van der Waals surface area contributed by atoms with Gasteiger partial charge in [-0.3, -0.25) is 9.10 Å². The number of sulfonamides is 1. The van der Waals surface area contributed by atoms with E-state index >= 15 is 0 Å². The quantitative estimate of drug-likeness (QED) is 0.212. The maximum absolute atomic E-state index is 13.5. The molecule has 1 saturated heterocycles. The van der Waals surface area contributed by atoms with Crippen LogP contribution in [-0.4, -0.2) is 57.0 Å². The number of hydrazone groups is 1. The summed E-state index contributed by atoms with van der Waals surface area (Å²) in [5.41, 5.74) is -1.72. The molecule has 0 unspecified atom stereocenters. The Morgan fingerprint density at radius 1 is 1.25 bits per heavy atom. The van der Waals surface area contributed by atoms with Gasteiger partial charge in [-0.2, -0.15) is 18.3 Å². The van der Waals surface area contributed by atoms with Gasteiger partial charge in [0.25, 0.3) is 10.0 Å². The first kappa shape index (κ1) is 27.4. The van der Waals surface area contributed by atoms with E-state index in [-0.39, 0.29) is 23.3 Å². The molecule has 1 aliphatic heterocycles. The minimum absolute atomic E-state index is 0.0238. The van der Waals surface area contributed by atoms with Crippen molar-refractivity contribution in [2.75, 3.05) is 30.5 Å². The molecule has 2 aromatic rings. The number of likely N-dealkylation sites (tertiary alicyclic amines) is 1. The molecule has 2 aromatic carbocycles. The van der Waals surface area contributed by atoms with E-state index in [9.17, 15) is 31.5 Å². The number of carboxylic acid groups (broad SMARTS) is 1. The highest BCUT2D eigenvalue weighted by atomic mass is 35.5. The maximum atomic E-state index is 13.5. The van der Waals surface area contributed by atoms with Crippen LogP contribution in [-0.2, 0) is 21.0 Å². The molecule has 0 aliphatic carbocycles. The lowest BCUT2D eigenvalue weighted by Crippen LogP contribution is -2.37. The molecule has 0 aromatic heterocycles. The minimum Gasteiger partial charge on any atom is -0.491 e. The van der Waals surface area contributed by atoms with E-state index in [1.807, 2.05) is 4.90 Å². The van der Waals surface area contributed by atoms with Crippen molar-refractivity contribution in [1.82, 2.24) is 4.90 Å². The molecule has 0 bridgehead atoms. The van der Waals surface area contributed by atoms with E-state index in [2.05, 4.69) is 5.10 Å². The number of carbonyl (C=O) groups is 1. The Kier molecular flexibility index (Phi) is 8.56. The average molecular weight is 549 g/mol. The highest BCUT2D eigenvalue weighted by Crippen LogP contribution is 2.40. The van der Waals surface area contributed by atoms with Crippen LogP contribution in [0.25, 0.3) is 0 Å². The summed E-state index contributed by atoms with van der Waals surface area (Å²) < 4.78 is 73.5. The van der Waals surface area contributed by atoms with Gasteiger partial charge < -0.3 is 20.6 Å². The van der Waals surface area contributed by atoms with Crippen molar-refractivity contribution in [1.29, 1.82) is 0 Å². The lowest BCUT2D eigenvalue weighted by Gasteiger charge is -2.31. The number of carboxylic acids is 1. The predicted molar refractivity (Wildman–Crippen MR) is 128 cm³/mol.